The molecule has 0 saturated carbocycles. The van der Waals surface area contributed by atoms with Crippen molar-refractivity contribution in [2.24, 2.45) is 0 Å². The van der Waals surface area contributed by atoms with Crippen molar-refractivity contribution in [3.63, 3.8) is 0 Å². The van der Waals surface area contributed by atoms with E-state index in [1.165, 1.54) is 15.5 Å². The van der Waals surface area contributed by atoms with Gasteiger partial charge in [-0.05, 0) is 40.6 Å². The van der Waals surface area contributed by atoms with Crippen LogP contribution in [0.25, 0.3) is 25.7 Å². The third kappa shape index (κ3) is 3.42. The predicted octanol–water partition coefficient (Wildman–Crippen LogP) is 6.26. The molecule has 132 valence electrons. The third-order valence-corrected chi connectivity index (χ3v) is 6.35. The first kappa shape index (κ1) is 17.6. The van der Waals surface area contributed by atoms with Crippen LogP contribution < -0.4 is 0 Å². The zero-order chi connectivity index (χ0) is 18.8. The minimum Gasteiger partial charge on any atom is -0.294 e. The predicted molar refractivity (Wildman–Crippen MR) is 116 cm³/mol. The number of ketones is 2. The topological polar surface area (TPSA) is 34.1 Å². The Morgan fingerprint density at radius 1 is 0.815 bits per heavy atom. The summed E-state index contributed by atoms with van der Waals surface area (Å²) in [6.07, 6.45) is 2.66. The molecule has 2 aromatic heterocycles. The molecule has 0 spiro atoms. The van der Waals surface area contributed by atoms with Crippen molar-refractivity contribution in [2.45, 2.75) is 6.42 Å². The lowest BCUT2D eigenvalue weighted by Gasteiger charge is -2.07. The van der Waals surface area contributed by atoms with Gasteiger partial charge in [0.1, 0.15) is 0 Å². The number of thiophene rings is 2. The molecule has 4 rings (SSSR count). The SMILES string of the molecule is C=CC(=O)CC(=O)C=C(c1csc2ccccc12)c1csc2ccccc12. The van der Waals surface area contributed by atoms with E-state index in [4.69, 9.17) is 0 Å². The molecule has 0 radical (unpaired) electrons. The van der Waals surface area contributed by atoms with Gasteiger partial charge in [0, 0.05) is 31.3 Å². The summed E-state index contributed by atoms with van der Waals surface area (Å²) in [4.78, 5) is 24.2. The summed E-state index contributed by atoms with van der Waals surface area (Å²) in [6, 6.07) is 16.3. The summed E-state index contributed by atoms with van der Waals surface area (Å²) in [5, 5.41) is 6.41. The highest BCUT2D eigenvalue weighted by atomic mass is 32.1. The Balaban J connectivity index is 1.91. The second kappa shape index (κ2) is 7.43. The van der Waals surface area contributed by atoms with Crippen LogP contribution in [0.1, 0.15) is 17.5 Å². The van der Waals surface area contributed by atoms with Crippen LogP contribution in [0, 0.1) is 0 Å². The van der Waals surface area contributed by atoms with E-state index < -0.39 is 0 Å². The van der Waals surface area contributed by atoms with Crippen LogP contribution >= 0.6 is 22.7 Å². The van der Waals surface area contributed by atoms with Gasteiger partial charge in [0.05, 0.1) is 6.42 Å². The Morgan fingerprint density at radius 3 is 1.85 bits per heavy atom. The summed E-state index contributed by atoms with van der Waals surface area (Å²) in [6.45, 7) is 3.46. The van der Waals surface area contributed by atoms with Gasteiger partial charge in [0.2, 0.25) is 0 Å². The number of fused-ring (bicyclic) bond motifs is 2. The van der Waals surface area contributed by atoms with Gasteiger partial charge in [-0.25, -0.2) is 0 Å². The van der Waals surface area contributed by atoms with Crippen LogP contribution in [0.3, 0.4) is 0 Å². The van der Waals surface area contributed by atoms with Crippen molar-refractivity contribution < 1.29 is 9.59 Å². The minimum absolute atomic E-state index is 0.156. The van der Waals surface area contributed by atoms with E-state index in [2.05, 4.69) is 41.6 Å². The summed E-state index contributed by atoms with van der Waals surface area (Å²) in [5.74, 6) is -0.471. The Bertz CT molecular complexity index is 1130. The van der Waals surface area contributed by atoms with Crippen LogP contribution in [0.5, 0.6) is 0 Å². The fraction of sp³-hybridized carbons (Fsp3) is 0.0435. The second-order valence-electron chi connectivity index (χ2n) is 6.16. The number of benzene rings is 2. The van der Waals surface area contributed by atoms with Gasteiger partial charge in [-0.15, -0.1) is 22.7 Å². The highest BCUT2D eigenvalue weighted by Crippen LogP contribution is 2.39. The van der Waals surface area contributed by atoms with E-state index in [0.717, 1.165) is 27.5 Å². The van der Waals surface area contributed by atoms with Crippen LogP contribution in [0.4, 0.5) is 0 Å². The molecule has 0 aliphatic heterocycles. The Morgan fingerprint density at radius 2 is 1.33 bits per heavy atom. The van der Waals surface area contributed by atoms with Gasteiger partial charge in [-0.2, -0.15) is 0 Å². The molecule has 4 aromatic rings. The van der Waals surface area contributed by atoms with Crippen LogP contribution in [0.15, 0.2) is 78.0 Å². The van der Waals surface area contributed by atoms with Crippen molar-refractivity contribution >= 4 is 60.0 Å². The lowest BCUT2D eigenvalue weighted by Crippen LogP contribution is -2.03. The highest BCUT2D eigenvalue weighted by Gasteiger charge is 2.17. The van der Waals surface area contributed by atoms with Gasteiger partial charge >= 0.3 is 0 Å². The summed E-state index contributed by atoms with van der Waals surface area (Å²) >= 11 is 3.32. The van der Waals surface area contributed by atoms with Gasteiger partial charge in [-0.1, -0.05) is 43.0 Å². The maximum Gasteiger partial charge on any atom is 0.164 e. The average molecular weight is 389 g/mol. The van der Waals surface area contributed by atoms with Crippen molar-refractivity contribution in [1.82, 2.24) is 0 Å². The lowest BCUT2D eigenvalue weighted by molar-refractivity contribution is -0.121. The molecular formula is C23H16O2S2. The molecule has 0 aliphatic carbocycles. The maximum atomic E-state index is 12.5. The van der Waals surface area contributed by atoms with E-state index in [9.17, 15) is 9.59 Å². The Hall–Kier alpha value is -2.82. The molecule has 0 unspecified atom stereocenters. The lowest BCUT2D eigenvalue weighted by atomic mass is 9.95. The third-order valence-electron chi connectivity index (χ3n) is 4.42. The van der Waals surface area contributed by atoms with Crippen molar-refractivity contribution in [3.05, 3.63) is 89.1 Å². The standard InChI is InChI=1S/C23H16O2S2/c1-2-15(24)11-16(25)12-19(20-13-26-22-9-5-3-7-17(20)22)21-14-27-23-10-6-4-8-18(21)23/h2-10,12-14H,1,11H2. The molecule has 2 nitrogen and oxygen atoms in total. The smallest absolute Gasteiger partial charge is 0.164 e. The van der Waals surface area contributed by atoms with Crippen LogP contribution in [-0.2, 0) is 9.59 Å². The van der Waals surface area contributed by atoms with Gasteiger partial charge < -0.3 is 0 Å². The number of carbonyl (C=O) groups is 2. The normalized spacial score (nSPS) is 10.8. The zero-order valence-electron chi connectivity index (χ0n) is 14.5. The van der Waals surface area contributed by atoms with Gasteiger partial charge in [0.15, 0.2) is 11.6 Å². The summed E-state index contributed by atoms with van der Waals surface area (Å²) in [5.41, 5.74) is 2.92. The quantitative estimate of drug-likeness (QED) is 0.288. The van der Waals surface area contributed by atoms with Gasteiger partial charge in [0.25, 0.3) is 0 Å². The number of hydrogen-bond acceptors (Lipinski definition) is 4. The monoisotopic (exact) mass is 388 g/mol. The van der Waals surface area contributed by atoms with Crippen LogP contribution in [-0.4, -0.2) is 11.6 Å². The van der Waals surface area contributed by atoms with E-state index in [-0.39, 0.29) is 18.0 Å². The first-order valence-electron chi connectivity index (χ1n) is 8.50. The van der Waals surface area contributed by atoms with Gasteiger partial charge in [-0.3, -0.25) is 9.59 Å². The van der Waals surface area contributed by atoms with Crippen LogP contribution in [0.2, 0.25) is 0 Å². The fourth-order valence-corrected chi connectivity index (χ4v) is 5.05. The first-order valence-corrected chi connectivity index (χ1v) is 10.3. The summed E-state index contributed by atoms with van der Waals surface area (Å²) in [7, 11) is 0. The second-order valence-corrected chi connectivity index (χ2v) is 7.99. The largest absolute Gasteiger partial charge is 0.294 e. The van der Waals surface area contributed by atoms with E-state index >= 15 is 0 Å². The molecular weight excluding hydrogens is 372 g/mol. The van der Waals surface area contributed by atoms with Crippen molar-refractivity contribution in [3.8, 4) is 0 Å². The Kier molecular flexibility index (Phi) is 4.84. The molecule has 0 fully saturated rings. The van der Waals surface area contributed by atoms with E-state index in [1.807, 2.05) is 24.3 Å². The molecule has 0 N–H and O–H groups in total. The molecule has 2 aromatic carbocycles. The van der Waals surface area contributed by atoms with E-state index in [1.54, 1.807) is 28.7 Å². The number of allylic oxidation sites excluding steroid dienone is 2. The molecule has 0 saturated heterocycles. The molecule has 0 amide bonds. The minimum atomic E-state index is -0.263. The Labute approximate surface area is 165 Å². The molecule has 0 aliphatic rings. The zero-order valence-corrected chi connectivity index (χ0v) is 16.1. The molecule has 0 atom stereocenters. The fourth-order valence-electron chi connectivity index (χ4n) is 3.13. The molecule has 27 heavy (non-hydrogen) atoms. The number of carbonyl (C=O) groups excluding carboxylic acids is 2. The number of rotatable bonds is 6. The maximum absolute atomic E-state index is 12.5. The number of hydrogen-bond donors (Lipinski definition) is 0. The van der Waals surface area contributed by atoms with Crippen molar-refractivity contribution in [1.29, 1.82) is 0 Å². The van der Waals surface area contributed by atoms with Crippen molar-refractivity contribution in [2.75, 3.05) is 0 Å². The highest BCUT2D eigenvalue weighted by molar-refractivity contribution is 7.18. The molecule has 0 bridgehead atoms. The van der Waals surface area contributed by atoms with E-state index in [0.29, 0.717) is 0 Å². The summed E-state index contributed by atoms with van der Waals surface area (Å²) < 4.78 is 2.35. The average Bonchev–Trinajstić information content (AvgIpc) is 3.30. The molecule has 4 heteroatoms. The first-order chi connectivity index (χ1) is 13.2. The molecule has 2 heterocycles.